The number of hydrogen-bond donors (Lipinski definition) is 1. The number of aryl methyl sites for hydroxylation is 1. The molecule has 0 fully saturated rings. The lowest BCUT2D eigenvalue weighted by molar-refractivity contribution is -0.122. The molecule has 0 spiro atoms. The Kier molecular flexibility index (Phi) is 4.98. The van der Waals surface area contributed by atoms with Gasteiger partial charge in [-0.05, 0) is 49.7 Å². The monoisotopic (exact) mass is 325 g/mol. The van der Waals surface area contributed by atoms with Crippen molar-refractivity contribution in [2.45, 2.75) is 20.0 Å². The zero-order valence-electron chi connectivity index (χ0n) is 12.0. The zero-order valence-corrected chi connectivity index (χ0v) is 12.7. The molecular weight excluding hydrogens is 312 g/mol. The fraction of sp³-hybridized carbons (Fsp3) is 0.188. The van der Waals surface area contributed by atoms with Gasteiger partial charge in [-0.15, -0.1) is 0 Å². The van der Waals surface area contributed by atoms with Gasteiger partial charge in [0.25, 0.3) is 5.91 Å². The maximum Gasteiger partial charge on any atom is 0.265 e. The summed E-state index contributed by atoms with van der Waals surface area (Å²) in [6.45, 7) is 3.14. The lowest BCUT2D eigenvalue weighted by Crippen LogP contribution is -2.30. The largest absolute Gasteiger partial charge is 0.479 e. The molecule has 0 saturated heterocycles. The molecule has 0 heterocycles. The van der Waals surface area contributed by atoms with Crippen LogP contribution in [0.3, 0.4) is 0 Å². The second-order valence-corrected chi connectivity index (χ2v) is 5.20. The second kappa shape index (κ2) is 6.75. The molecule has 1 amide bonds. The third kappa shape index (κ3) is 3.95. The van der Waals surface area contributed by atoms with Gasteiger partial charge in [0.15, 0.2) is 6.10 Å². The van der Waals surface area contributed by atoms with Gasteiger partial charge in [0.1, 0.15) is 17.4 Å². The minimum absolute atomic E-state index is 0.0704. The molecule has 2 aromatic carbocycles. The number of benzene rings is 2. The van der Waals surface area contributed by atoms with Gasteiger partial charge in [-0.2, -0.15) is 0 Å². The molecule has 6 heteroatoms. The summed E-state index contributed by atoms with van der Waals surface area (Å²) >= 11 is 5.83. The minimum Gasteiger partial charge on any atom is -0.479 e. The van der Waals surface area contributed by atoms with E-state index in [1.165, 1.54) is 25.1 Å². The second-order valence-electron chi connectivity index (χ2n) is 4.79. The van der Waals surface area contributed by atoms with Gasteiger partial charge in [-0.3, -0.25) is 4.79 Å². The average molecular weight is 326 g/mol. The van der Waals surface area contributed by atoms with E-state index >= 15 is 0 Å². The number of carbonyl (C=O) groups excluding carboxylic acids is 1. The van der Waals surface area contributed by atoms with Crippen molar-refractivity contribution in [1.82, 2.24) is 0 Å². The van der Waals surface area contributed by atoms with E-state index in [1.807, 2.05) is 0 Å². The van der Waals surface area contributed by atoms with E-state index in [0.717, 1.165) is 6.07 Å². The maximum absolute atomic E-state index is 13.4. The molecule has 3 nitrogen and oxygen atoms in total. The van der Waals surface area contributed by atoms with Crippen LogP contribution in [0.25, 0.3) is 0 Å². The molecular formula is C16H14ClF2NO2. The Morgan fingerprint density at radius 1 is 1.23 bits per heavy atom. The Morgan fingerprint density at radius 2 is 1.95 bits per heavy atom. The number of amides is 1. The molecule has 1 unspecified atom stereocenters. The van der Waals surface area contributed by atoms with Crippen molar-refractivity contribution >= 4 is 23.2 Å². The summed E-state index contributed by atoms with van der Waals surface area (Å²) in [6.07, 6.45) is -0.882. The number of nitrogens with one attached hydrogen (secondary N) is 1. The predicted octanol–water partition coefficient (Wildman–Crippen LogP) is 4.33. The van der Waals surface area contributed by atoms with Crippen LogP contribution < -0.4 is 10.1 Å². The van der Waals surface area contributed by atoms with Gasteiger partial charge in [0.2, 0.25) is 0 Å². The molecule has 2 rings (SSSR count). The molecule has 0 bridgehead atoms. The summed E-state index contributed by atoms with van der Waals surface area (Å²) in [4.78, 5) is 12.0. The number of halogens is 3. The molecule has 116 valence electrons. The van der Waals surface area contributed by atoms with Crippen LogP contribution in [0, 0.1) is 18.6 Å². The first-order chi connectivity index (χ1) is 10.4. The van der Waals surface area contributed by atoms with Crippen molar-refractivity contribution in [3.63, 3.8) is 0 Å². The molecule has 2 aromatic rings. The highest BCUT2D eigenvalue weighted by Gasteiger charge is 2.17. The number of anilines is 1. The van der Waals surface area contributed by atoms with Gasteiger partial charge >= 0.3 is 0 Å². The molecule has 0 aliphatic carbocycles. The van der Waals surface area contributed by atoms with Crippen LogP contribution >= 0.6 is 11.6 Å². The highest BCUT2D eigenvalue weighted by atomic mass is 35.5. The summed E-state index contributed by atoms with van der Waals surface area (Å²) in [5.41, 5.74) is 0.814. The molecule has 1 N–H and O–H groups in total. The fourth-order valence-corrected chi connectivity index (χ4v) is 1.94. The van der Waals surface area contributed by atoms with Crippen molar-refractivity contribution in [2.75, 3.05) is 5.32 Å². The third-order valence-corrected chi connectivity index (χ3v) is 3.30. The summed E-state index contributed by atoms with van der Waals surface area (Å²) in [6, 6.07) is 8.00. The van der Waals surface area contributed by atoms with E-state index in [9.17, 15) is 13.6 Å². The first-order valence-electron chi connectivity index (χ1n) is 6.55. The molecule has 0 aliphatic heterocycles. The predicted molar refractivity (Wildman–Crippen MR) is 81.3 cm³/mol. The first kappa shape index (κ1) is 16.2. The summed E-state index contributed by atoms with van der Waals surface area (Å²) < 4.78 is 31.8. The van der Waals surface area contributed by atoms with Crippen molar-refractivity contribution in [1.29, 1.82) is 0 Å². The standard InChI is InChI=1S/C16H14ClF2NO2/c1-9-3-5-12(8-14(9)19)20-16(21)10(2)22-15-6-4-11(18)7-13(15)17/h3-8,10H,1-2H3,(H,20,21). The number of rotatable bonds is 4. The molecule has 22 heavy (non-hydrogen) atoms. The smallest absolute Gasteiger partial charge is 0.265 e. The summed E-state index contributed by atoms with van der Waals surface area (Å²) in [5, 5.41) is 2.61. The van der Waals surface area contributed by atoms with Gasteiger partial charge < -0.3 is 10.1 Å². The van der Waals surface area contributed by atoms with E-state index in [4.69, 9.17) is 16.3 Å². The van der Waals surface area contributed by atoms with Gasteiger partial charge in [0, 0.05) is 5.69 Å². The number of carbonyl (C=O) groups is 1. The fourth-order valence-electron chi connectivity index (χ4n) is 1.73. The highest BCUT2D eigenvalue weighted by Crippen LogP contribution is 2.26. The quantitative estimate of drug-likeness (QED) is 0.908. The van der Waals surface area contributed by atoms with E-state index < -0.39 is 23.6 Å². The topological polar surface area (TPSA) is 38.3 Å². The minimum atomic E-state index is -0.882. The van der Waals surface area contributed by atoms with Crippen molar-refractivity contribution < 1.29 is 18.3 Å². The van der Waals surface area contributed by atoms with Crippen molar-refractivity contribution in [3.8, 4) is 5.75 Å². The normalized spacial score (nSPS) is 11.9. The van der Waals surface area contributed by atoms with Crippen molar-refractivity contribution in [3.05, 3.63) is 58.6 Å². The van der Waals surface area contributed by atoms with E-state index in [-0.39, 0.29) is 10.8 Å². The van der Waals surface area contributed by atoms with Crippen LogP contribution in [0.5, 0.6) is 5.75 Å². The molecule has 0 aromatic heterocycles. The van der Waals surface area contributed by atoms with Gasteiger partial charge in [-0.1, -0.05) is 17.7 Å². The Hall–Kier alpha value is -2.14. The Morgan fingerprint density at radius 3 is 2.59 bits per heavy atom. The average Bonchev–Trinajstić information content (AvgIpc) is 2.45. The van der Waals surface area contributed by atoms with Crippen molar-refractivity contribution in [2.24, 2.45) is 0 Å². The van der Waals surface area contributed by atoms with E-state index in [0.29, 0.717) is 11.3 Å². The molecule has 1 atom stereocenters. The van der Waals surface area contributed by atoms with Crippen LogP contribution in [0.2, 0.25) is 5.02 Å². The summed E-state index contributed by atoms with van der Waals surface area (Å²) in [7, 11) is 0. The van der Waals surface area contributed by atoms with Crippen LogP contribution in [0.15, 0.2) is 36.4 Å². The maximum atomic E-state index is 13.4. The lowest BCUT2D eigenvalue weighted by Gasteiger charge is -2.16. The van der Waals surface area contributed by atoms with Crippen LogP contribution in [-0.2, 0) is 4.79 Å². The van der Waals surface area contributed by atoms with E-state index in [2.05, 4.69) is 5.32 Å². The SMILES string of the molecule is Cc1ccc(NC(=O)C(C)Oc2ccc(F)cc2Cl)cc1F. The van der Waals surface area contributed by atoms with Crippen LogP contribution in [0.1, 0.15) is 12.5 Å². The van der Waals surface area contributed by atoms with E-state index in [1.54, 1.807) is 19.1 Å². The molecule has 0 saturated carbocycles. The first-order valence-corrected chi connectivity index (χ1v) is 6.93. The lowest BCUT2D eigenvalue weighted by atomic mass is 10.2. The van der Waals surface area contributed by atoms with Crippen LogP contribution in [-0.4, -0.2) is 12.0 Å². The molecule has 0 radical (unpaired) electrons. The summed E-state index contributed by atoms with van der Waals surface area (Å²) in [5.74, 6) is -1.18. The Labute approximate surface area is 131 Å². The zero-order chi connectivity index (χ0) is 16.3. The Balaban J connectivity index is 2.04. The third-order valence-electron chi connectivity index (χ3n) is 3.01. The van der Waals surface area contributed by atoms with Gasteiger partial charge in [-0.25, -0.2) is 8.78 Å². The highest BCUT2D eigenvalue weighted by molar-refractivity contribution is 6.32. The van der Waals surface area contributed by atoms with Crippen LogP contribution in [0.4, 0.5) is 14.5 Å². The van der Waals surface area contributed by atoms with Gasteiger partial charge in [0.05, 0.1) is 5.02 Å². The number of hydrogen-bond acceptors (Lipinski definition) is 2. The Bertz CT molecular complexity index is 707. The number of ether oxygens (including phenoxy) is 1. The molecule has 0 aliphatic rings.